The molecule has 1 atom stereocenters. The zero-order chi connectivity index (χ0) is 12.8. The average molecular weight is 259 g/mol. The lowest BCUT2D eigenvalue weighted by atomic mass is 10.2. The Labute approximate surface area is 105 Å². The number of nitrogens with one attached hydrogen (secondary N) is 1. The van der Waals surface area contributed by atoms with Crippen LogP contribution < -0.4 is 5.32 Å². The second kappa shape index (κ2) is 6.42. The summed E-state index contributed by atoms with van der Waals surface area (Å²) in [5.74, 6) is 0. The Morgan fingerprint density at radius 3 is 2.82 bits per heavy atom. The van der Waals surface area contributed by atoms with E-state index < -0.39 is 4.92 Å². The summed E-state index contributed by atoms with van der Waals surface area (Å²) in [5, 5.41) is 14.3. The van der Waals surface area contributed by atoms with Crippen molar-refractivity contribution in [3.63, 3.8) is 0 Å². The summed E-state index contributed by atoms with van der Waals surface area (Å²) >= 11 is 5.74. The Kier molecular flexibility index (Phi) is 5.18. The number of benzene rings is 1. The Balaban J connectivity index is 2.92. The van der Waals surface area contributed by atoms with E-state index in [9.17, 15) is 10.1 Å². The fraction of sp³-hybridized carbons (Fsp3) is 0.455. The highest BCUT2D eigenvalue weighted by atomic mass is 35.5. The van der Waals surface area contributed by atoms with Gasteiger partial charge in [0.15, 0.2) is 0 Å². The maximum absolute atomic E-state index is 10.9. The quantitative estimate of drug-likeness (QED) is 0.629. The minimum Gasteiger partial charge on any atom is -0.383 e. The highest BCUT2D eigenvalue weighted by Gasteiger charge is 2.16. The number of hydrogen-bond acceptors (Lipinski definition) is 4. The van der Waals surface area contributed by atoms with Gasteiger partial charge in [0.1, 0.15) is 5.69 Å². The third kappa shape index (κ3) is 3.87. The van der Waals surface area contributed by atoms with Crippen molar-refractivity contribution in [1.82, 2.24) is 0 Å². The Bertz CT molecular complexity index is 398. The molecule has 17 heavy (non-hydrogen) atoms. The number of hydrogen-bond donors (Lipinski definition) is 1. The number of anilines is 1. The second-order valence-corrected chi connectivity index (χ2v) is 4.06. The van der Waals surface area contributed by atoms with E-state index in [1.807, 2.05) is 6.92 Å². The first-order valence-corrected chi connectivity index (χ1v) is 5.65. The predicted octanol–water partition coefficient (Wildman–Crippen LogP) is 3.09. The van der Waals surface area contributed by atoms with Crippen molar-refractivity contribution < 1.29 is 9.66 Å². The van der Waals surface area contributed by atoms with Crippen molar-refractivity contribution in [2.24, 2.45) is 0 Å². The molecular weight excluding hydrogens is 244 g/mol. The van der Waals surface area contributed by atoms with Gasteiger partial charge in [-0.3, -0.25) is 10.1 Å². The Hall–Kier alpha value is -1.33. The molecule has 0 saturated heterocycles. The van der Waals surface area contributed by atoms with Crippen LogP contribution in [0.4, 0.5) is 11.4 Å². The number of ether oxygens (including phenoxy) is 1. The zero-order valence-corrected chi connectivity index (χ0v) is 10.5. The van der Waals surface area contributed by atoms with Crippen molar-refractivity contribution in [1.29, 1.82) is 0 Å². The van der Waals surface area contributed by atoms with Crippen LogP contribution >= 0.6 is 11.6 Å². The maximum atomic E-state index is 10.9. The molecule has 1 rings (SSSR count). The molecule has 0 aromatic heterocycles. The molecule has 0 amide bonds. The summed E-state index contributed by atoms with van der Waals surface area (Å²) in [4.78, 5) is 10.4. The van der Waals surface area contributed by atoms with Crippen LogP contribution in [0.3, 0.4) is 0 Å². The monoisotopic (exact) mass is 258 g/mol. The number of halogens is 1. The summed E-state index contributed by atoms with van der Waals surface area (Å²) in [6.07, 6.45) is 0.813. The van der Waals surface area contributed by atoms with Gasteiger partial charge < -0.3 is 10.1 Å². The normalized spacial score (nSPS) is 12.2. The molecule has 1 N–H and O–H groups in total. The van der Waals surface area contributed by atoms with Gasteiger partial charge in [-0.05, 0) is 18.6 Å². The fourth-order valence-electron chi connectivity index (χ4n) is 1.46. The van der Waals surface area contributed by atoms with E-state index in [-0.39, 0.29) is 11.7 Å². The average Bonchev–Trinajstić information content (AvgIpc) is 2.30. The maximum Gasteiger partial charge on any atom is 0.293 e. The van der Waals surface area contributed by atoms with E-state index in [4.69, 9.17) is 16.3 Å². The highest BCUT2D eigenvalue weighted by Crippen LogP contribution is 2.28. The van der Waals surface area contributed by atoms with E-state index in [0.717, 1.165) is 6.42 Å². The molecule has 6 heteroatoms. The van der Waals surface area contributed by atoms with E-state index in [1.165, 1.54) is 6.07 Å². The largest absolute Gasteiger partial charge is 0.383 e. The second-order valence-electron chi connectivity index (χ2n) is 3.62. The first kappa shape index (κ1) is 13.7. The molecule has 0 aliphatic heterocycles. The number of methoxy groups -OCH3 is 1. The standard InChI is InChI=1S/C11H15ClN2O3/c1-3-9(7-17-2)13-10-5-4-8(12)6-11(10)14(15)16/h4-6,9,13H,3,7H2,1-2H3. The van der Waals surface area contributed by atoms with Crippen LogP contribution in [0.5, 0.6) is 0 Å². The van der Waals surface area contributed by atoms with Crippen LogP contribution in [0, 0.1) is 10.1 Å². The number of nitro benzene ring substituents is 1. The van der Waals surface area contributed by atoms with Gasteiger partial charge in [-0.15, -0.1) is 0 Å². The lowest BCUT2D eigenvalue weighted by Gasteiger charge is -2.17. The molecule has 0 saturated carbocycles. The third-order valence-electron chi connectivity index (χ3n) is 2.38. The molecule has 5 nitrogen and oxygen atoms in total. The lowest BCUT2D eigenvalue weighted by Crippen LogP contribution is -2.24. The lowest BCUT2D eigenvalue weighted by molar-refractivity contribution is -0.384. The van der Waals surface area contributed by atoms with Gasteiger partial charge in [0, 0.05) is 24.2 Å². The summed E-state index contributed by atoms with van der Waals surface area (Å²) < 4.78 is 5.03. The summed E-state index contributed by atoms with van der Waals surface area (Å²) in [5.41, 5.74) is 0.440. The van der Waals surface area contributed by atoms with Gasteiger partial charge >= 0.3 is 0 Å². The van der Waals surface area contributed by atoms with Crippen LogP contribution in [0.2, 0.25) is 5.02 Å². The molecule has 0 radical (unpaired) electrons. The molecule has 1 unspecified atom stereocenters. The van der Waals surface area contributed by atoms with Crippen molar-refractivity contribution in [3.8, 4) is 0 Å². The zero-order valence-electron chi connectivity index (χ0n) is 9.77. The molecule has 0 heterocycles. The van der Waals surface area contributed by atoms with E-state index >= 15 is 0 Å². The Morgan fingerprint density at radius 2 is 2.29 bits per heavy atom. The van der Waals surface area contributed by atoms with Crippen LogP contribution in [0.25, 0.3) is 0 Å². The predicted molar refractivity (Wildman–Crippen MR) is 67.7 cm³/mol. The fourth-order valence-corrected chi connectivity index (χ4v) is 1.63. The summed E-state index contributed by atoms with van der Waals surface area (Å²) in [6.45, 7) is 2.48. The molecule has 1 aromatic rings. The number of rotatable bonds is 6. The first-order valence-electron chi connectivity index (χ1n) is 5.27. The first-order chi connectivity index (χ1) is 8.08. The molecule has 1 aromatic carbocycles. The van der Waals surface area contributed by atoms with Crippen LogP contribution in [0.1, 0.15) is 13.3 Å². The minimum absolute atomic E-state index is 0.0212. The smallest absolute Gasteiger partial charge is 0.293 e. The molecular formula is C11H15ClN2O3. The third-order valence-corrected chi connectivity index (χ3v) is 2.61. The topological polar surface area (TPSA) is 64.4 Å². The van der Waals surface area contributed by atoms with Gasteiger partial charge in [0.25, 0.3) is 5.69 Å². The van der Waals surface area contributed by atoms with Gasteiger partial charge in [0.2, 0.25) is 0 Å². The Morgan fingerprint density at radius 1 is 1.59 bits per heavy atom. The van der Waals surface area contributed by atoms with Crippen molar-refractivity contribution in [2.45, 2.75) is 19.4 Å². The van der Waals surface area contributed by atoms with Crippen molar-refractivity contribution in [3.05, 3.63) is 33.3 Å². The number of nitro groups is 1. The molecule has 0 aliphatic carbocycles. The van der Waals surface area contributed by atoms with Gasteiger partial charge in [-0.25, -0.2) is 0 Å². The van der Waals surface area contributed by atoms with Gasteiger partial charge in [-0.2, -0.15) is 0 Å². The molecule has 0 spiro atoms. The van der Waals surface area contributed by atoms with E-state index in [2.05, 4.69) is 5.32 Å². The molecule has 0 aliphatic rings. The van der Waals surface area contributed by atoms with Crippen LogP contribution in [-0.4, -0.2) is 24.7 Å². The van der Waals surface area contributed by atoms with Crippen LogP contribution in [0.15, 0.2) is 18.2 Å². The molecule has 0 fully saturated rings. The minimum atomic E-state index is -0.451. The summed E-state index contributed by atoms with van der Waals surface area (Å²) in [7, 11) is 1.60. The van der Waals surface area contributed by atoms with Crippen LogP contribution in [-0.2, 0) is 4.74 Å². The van der Waals surface area contributed by atoms with E-state index in [0.29, 0.717) is 17.3 Å². The SMILES string of the molecule is CCC(COC)Nc1ccc(Cl)cc1[N+](=O)[O-]. The van der Waals surface area contributed by atoms with E-state index in [1.54, 1.807) is 19.2 Å². The molecule has 0 bridgehead atoms. The van der Waals surface area contributed by atoms with Gasteiger partial charge in [0.05, 0.1) is 11.5 Å². The molecule has 94 valence electrons. The highest BCUT2D eigenvalue weighted by molar-refractivity contribution is 6.30. The van der Waals surface area contributed by atoms with Crippen molar-refractivity contribution in [2.75, 3.05) is 19.0 Å². The van der Waals surface area contributed by atoms with Crippen molar-refractivity contribution >= 4 is 23.0 Å². The summed E-state index contributed by atoms with van der Waals surface area (Å²) in [6, 6.07) is 4.61. The van der Waals surface area contributed by atoms with Gasteiger partial charge in [-0.1, -0.05) is 18.5 Å². The number of nitrogens with zero attached hydrogens (tertiary/aromatic N) is 1.